The Morgan fingerprint density at radius 1 is 1.03 bits per heavy atom. The molecule has 2 heterocycles. The average Bonchev–Trinajstić information content (AvgIpc) is 3.35. The molecule has 3 aromatic rings. The van der Waals surface area contributed by atoms with E-state index < -0.39 is 10.0 Å². The van der Waals surface area contributed by atoms with E-state index in [1.807, 2.05) is 47.6 Å². The molecule has 0 radical (unpaired) electrons. The lowest BCUT2D eigenvalue weighted by molar-refractivity contribution is -0.132. The molecule has 1 fully saturated rings. The van der Waals surface area contributed by atoms with Crippen LogP contribution in [-0.4, -0.2) is 83.4 Å². The summed E-state index contributed by atoms with van der Waals surface area (Å²) in [6.07, 6.45) is 0.744. The number of aromatic nitrogens is 3. The maximum Gasteiger partial charge on any atom is 0.243 e. The van der Waals surface area contributed by atoms with Gasteiger partial charge >= 0.3 is 0 Å². The van der Waals surface area contributed by atoms with Gasteiger partial charge in [0.05, 0.1) is 23.9 Å². The maximum absolute atomic E-state index is 13.1. The van der Waals surface area contributed by atoms with Crippen LogP contribution in [0.15, 0.2) is 64.6 Å². The average molecular weight is 544 g/mol. The Hall–Kier alpha value is -2.73. The highest BCUT2D eigenvalue weighted by Gasteiger charge is 2.24. The van der Waals surface area contributed by atoms with Gasteiger partial charge in [0, 0.05) is 38.3 Å². The highest BCUT2D eigenvalue weighted by molar-refractivity contribution is 7.99. The zero-order chi connectivity index (χ0) is 26.3. The van der Waals surface area contributed by atoms with Gasteiger partial charge < -0.3 is 14.2 Å². The van der Waals surface area contributed by atoms with Crippen molar-refractivity contribution >= 4 is 27.7 Å². The molecule has 4 rings (SSSR count). The molecule has 1 amide bonds. The molecule has 0 atom stereocenters. The lowest BCUT2D eigenvalue weighted by atomic mass is 10.1. The first-order valence-corrected chi connectivity index (χ1v) is 14.9. The third-order valence-electron chi connectivity index (χ3n) is 6.31. The summed E-state index contributed by atoms with van der Waals surface area (Å²) in [5.74, 6) is 0.869. The van der Waals surface area contributed by atoms with Crippen LogP contribution in [0.3, 0.4) is 0 Å². The van der Waals surface area contributed by atoms with Crippen LogP contribution in [-0.2, 0) is 32.5 Å². The number of benzene rings is 2. The van der Waals surface area contributed by atoms with Crippen molar-refractivity contribution in [3.05, 3.63) is 60.2 Å². The molecule has 1 saturated heterocycles. The molecule has 1 aliphatic heterocycles. The molecule has 1 aromatic heterocycles. The topological polar surface area (TPSA) is 97.6 Å². The number of aryl methyl sites for hydroxylation is 1. The molecule has 37 heavy (non-hydrogen) atoms. The van der Waals surface area contributed by atoms with Crippen LogP contribution in [0.5, 0.6) is 0 Å². The van der Waals surface area contributed by atoms with Crippen LogP contribution in [0, 0.1) is 0 Å². The van der Waals surface area contributed by atoms with Crippen LogP contribution in [0.25, 0.3) is 11.4 Å². The Kier molecular flexibility index (Phi) is 9.36. The predicted molar refractivity (Wildman–Crippen MR) is 144 cm³/mol. The van der Waals surface area contributed by atoms with E-state index in [1.165, 1.54) is 21.6 Å². The van der Waals surface area contributed by atoms with Crippen LogP contribution >= 0.6 is 11.8 Å². The second kappa shape index (κ2) is 12.7. The van der Waals surface area contributed by atoms with E-state index in [0.717, 1.165) is 6.42 Å². The van der Waals surface area contributed by atoms with Gasteiger partial charge in [0.1, 0.15) is 0 Å². The standard InChI is InChI=1S/C26H33N5O4S2/c1-3-30(4-2)37(33,34)23-12-8-11-22(19-23)25-27-28-26(31(25)14-13-21-9-6-5-7-10-21)36-20-24(32)29-15-17-35-18-16-29/h5-12,19H,3-4,13-18,20H2,1-2H3. The number of nitrogens with zero attached hydrogens (tertiary/aromatic N) is 5. The normalized spacial score (nSPS) is 14.3. The zero-order valence-corrected chi connectivity index (χ0v) is 22.9. The summed E-state index contributed by atoms with van der Waals surface area (Å²) in [6.45, 7) is 7.34. The fourth-order valence-corrected chi connectivity index (χ4v) is 6.61. The number of hydrogen-bond acceptors (Lipinski definition) is 7. The third kappa shape index (κ3) is 6.59. The summed E-state index contributed by atoms with van der Waals surface area (Å²) < 4.78 is 35.0. The number of hydrogen-bond donors (Lipinski definition) is 0. The van der Waals surface area contributed by atoms with Gasteiger partial charge in [-0.2, -0.15) is 4.31 Å². The summed E-state index contributed by atoms with van der Waals surface area (Å²) in [5, 5.41) is 9.47. The summed E-state index contributed by atoms with van der Waals surface area (Å²) >= 11 is 1.35. The van der Waals surface area contributed by atoms with Crippen molar-refractivity contribution in [2.75, 3.05) is 45.1 Å². The quantitative estimate of drug-likeness (QED) is 0.343. The number of carbonyl (C=O) groups is 1. The Bertz CT molecular complexity index is 1290. The van der Waals surface area contributed by atoms with Crippen molar-refractivity contribution in [2.45, 2.75) is 36.9 Å². The van der Waals surface area contributed by atoms with Crippen LogP contribution in [0.2, 0.25) is 0 Å². The zero-order valence-electron chi connectivity index (χ0n) is 21.2. The third-order valence-corrected chi connectivity index (χ3v) is 9.31. The van der Waals surface area contributed by atoms with E-state index in [2.05, 4.69) is 22.3 Å². The first-order valence-electron chi connectivity index (χ1n) is 12.5. The minimum Gasteiger partial charge on any atom is -0.378 e. The molecule has 0 N–H and O–H groups in total. The molecular formula is C26H33N5O4S2. The van der Waals surface area contributed by atoms with E-state index in [-0.39, 0.29) is 16.6 Å². The smallest absolute Gasteiger partial charge is 0.243 e. The van der Waals surface area contributed by atoms with Crippen LogP contribution in [0.1, 0.15) is 19.4 Å². The van der Waals surface area contributed by atoms with Gasteiger partial charge in [-0.1, -0.05) is 68.1 Å². The Labute approximate surface area is 222 Å². The van der Waals surface area contributed by atoms with Crippen molar-refractivity contribution in [1.29, 1.82) is 0 Å². The Morgan fingerprint density at radius 2 is 1.76 bits per heavy atom. The molecular weight excluding hydrogens is 510 g/mol. The van der Waals surface area contributed by atoms with E-state index in [0.29, 0.717) is 62.5 Å². The summed E-state index contributed by atoms with van der Waals surface area (Å²) in [6, 6.07) is 17.0. The molecule has 0 unspecified atom stereocenters. The van der Waals surface area contributed by atoms with Gasteiger partial charge in [-0.15, -0.1) is 10.2 Å². The second-order valence-electron chi connectivity index (χ2n) is 8.59. The fourth-order valence-electron chi connectivity index (χ4n) is 4.23. The number of sulfonamides is 1. The van der Waals surface area contributed by atoms with Gasteiger partial charge in [0.25, 0.3) is 0 Å². The van der Waals surface area contributed by atoms with E-state index in [9.17, 15) is 13.2 Å². The van der Waals surface area contributed by atoms with Gasteiger partial charge in [-0.25, -0.2) is 8.42 Å². The Morgan fingerprint density at radius 3 is 2.46 bits per heavy atom. The molecule has 1 aliphatic rings. The molecule has 0 spiro atoms. The molecule has 0 aliphatic carbocycles. The maximum atomic E-state index is 13.1. The number of ether oxygens (including phenoxy) is 1. The number of rotatable bonds is 11. The first kappa shape index (κ1) is 27.3. The highest BCUT2D eigenvalue weighted by Crippen LogP contribution is 2.27. The molecule has 2 aromatic carbocycles. The van der Waals surface area contributed by atoms with E-state index >= 15 is 0 Å². The minimum absolute atomic E-state index is 0.0415. The fraction of sp³-hybridized carbons (Fsp3) is 0.423. The number of amides is 1. The first-order chi connectivity index (χ1) is 17.9. The summed E-state index contributed by atoms with van der Waals surface area (Å²) in [7, 11) is -3.62. The van der Waals surface area contributed by atoms with Crippen molar-refractivity contribution in [3.63, 3.8) is 0 Å². The lowest BCUT2D eigenvalue weighted by Crippen LogP contribution is -2.41. The van der Waals surface area contributed by atoms with E-state index in [4.69, 9.17) is 4.74 Å². The molecule has 198 valence electrons. The monoisotopic (exact) mass is 543 g/mol. The van der Waals surface area contributed by atoms with Crippen molar-refractivity contribution in [2.24, 2.45) is 0 Å². The summed E-state index contributed by atoms with van der Waals surface area (Å²) in [4.78, 5) is 14.8. The van der Waals surface area contributed by atoms with Gasteiger partial charge in [-0.05, 0) is 24.1 Å². The number of carbonyl (C=O) groups excluding carboxylic acids is 1. The van der Waals surface area contributed by atoms with Crippen molar-refractivity contribution < 1.29 is 17.9 Å². The molecule has 0 saturated carbocycles. The Balaban J connectivity index is 1.62. The lowest BCUT2D eigenvalue weighted by Gasteiger charge is -2.26. The van der Waals surface area contributed by atoms with E-state index in [1.54, 1.807) is 18.2 Å². The van der Waals surface area contributed by atoms with Crippen molar-refractivity contribution in [1.82, 2.24) is 24.0 Å². The largest absolute Gasteiger partial charge is 0.378 e. The van der Waals surface area contributed by atoms with Gasteiger partial charge in [0.15, 0.2) is 11.0 Å². The highest BCUT2D eigenvalue weighted by atomic mass is 32.2. The molecule has 9 nitrogen and oxygen atoms in total. The SMILES string of the molecule is CCN(CC)S(=O)(=O)c1cccc(-c2nnc(SCC(=O)N3CCOCC3)n2CCc2ccccc2)c1. The minimum atomic E-state index is -3.62. The molecule has 0 bridgehead atoms. The second-order valence-corrected chi connectivity index (χ2v) is 11.5. The number of morpholine rings is 1. The van der Waals surface area contributed by atoms with Gasteiger partial charge in [-0.3, -0.25) is 4.79 Å². The summed E-state index contributed by atoms with van der Waals surface area (Å²) in [5.41, 5.74) is 1.83. The predicted octanol–water partition coefficient (Wildman–Crippen LogP) is 3.17. The van der Waals surface area contributed by atoms with Gasteiger partial charge in [0.2, 0.25) is 15.9 Å². The van der Waals surface area contributed by atoms with Crippen LogP contribution in [0.4, 0.5) is 0 Å². The van der Waals surface area contributed by atoms with Crippen LogP contribution < -0.4 is 0 Å². The molecule has 11 heteroatoms. The van der Waals surface area contributed by atoms with Crippen molar-refractivity contribution in [3.8, 4) is 11.4 Å². The number of thioether (sulfide) groups is 1.